The molecule has 0 radical (unpaired) electrons. The van der Waals surface area contributed by atoms with E-state index in [9.17, 15) is 0 Å². The Morgan fingerprint density at radius 2 is 1.25 bits per heavy atom. The molecule has 0 rings (SSSR count). The Labute approximate surface area is 25.1 Å². The molecule has 4 N–H and O–H groups in total. The average Bonchev–Trinajstić information content (AvgIpc) is 1.37. The smallest absolute Gasteiger partial charge is 0.00957 e. The van der Waals surface area contributed by atoms with Crippen LogP contribution in [0, 0.1) is 0 Å². The molecule has 0 saturated carbocycles. The molecule has 0 aliphatic carbocycles. The second-order valence-electron chi connectivity index (χ2n) is 0.385. The summed E-state index contributed by atoms with van der Waals surface area (Å²) in [4.78, 5) is 0. The van der Waals surface area contributed by atoms with Crippen LogP contribution in [-0.2, 0) is 0 Å². The summed E-state index contributed by atoms with van der Waals surface area (Å²) in [5.41, 5.74) is 9.44. The van der Waals surface area contributed by atoms with E-state index in [1.807, 2.05) is 0 Å². The monoisotopic (exact) mass is 58.1 g/mol. The molecule has 0 saturated heterocycles. The maximum Gasteiger partial charge on any atom is 0.00957 e. The van der Waals surface area contributed by atoms with Gasteiger partial charge in [0.15, 0.2) is 0 Å². The number of hydrogen-bond acceptors (Lipinski definition) is 2. The van der Waals surface area contributed by atoms with Gasteiger partial charge in [-0.15, -0.1) is 0 Å². The molecule has 2 nitrogen and oxygen atoms in total. The molecule has 0 amide bonds. The van der Waals surface area contributed by atoms with Crippen molar-refractivity contribution < 1.29 is 0 Å². The molecular weight excluding hydrogens is 52.0 g/mol. The fraction of sp³-hybridized carbons (Fsp3) is 0. The van der Waals surface area contributed by atoms with Crippen LogP contribution in [0.25, 0.3) is 0 Å². The quantitative estimate of drug-likeness (QED) is 0.390. The van der Waals surface area contributed by atoms with Gasteiger partial charge < -0.3 is 11.5 Å². The van der Waals surface area contributed by atoms with Gasteiger partial charge in [0, 0.05) is 12.4 Å². The first-order valence-electron chi connectivity index (χ1n) is 1.00. The molecule has 0 atom stereocenters. The van der Waals surface area contributed by atoms with Gasteiger partial charge in [0.1, 0.15) is 0 Å². The van der Waals surface area contributed by atoms with Gasteiger partial charge in [0.05, 0.1) is 0 Å². The summed E-state index contributed by atoms with van der Waals surface area (Å²) in [6.45, 7) is 0. The zero-order chi connectivity index (χ0) is 3.41. The molecule has 2 heteroatoms. The van der Waals surface area contributed by atoms with Gasteiger partial charge in [-0.05, 0) is 0 Å². The molecule has 0 spiro atoms. The molecule has 0 heterocycles. The van der Waals surface area contributed by atoms with Gasteiger partial charge in [0.2, 0.25) is 0 Å². The normalized spacial score (nSPS) is 9.00. The van der Waals surface area contributed by atoms with Crippen LogP contribution in [0.3, 0.4) is 0 Å². The zero-order valence-corrected chi connectivity index (χ0v) is 2.31. The van der Waals surface area contributed by atoms with Gasteiger partial charge in [0.25, 0.3) is 0 Å². The lowest BCUT2D eigenvalue weighted by atomic mass is 11.0. The van der Waals surface area contributed by atoms with Crippen molar-refractivity contribution in [3.63, 3.8) is 0 Å². The van der Waals surface area contributed by atoms with E-state index in [0.717, 1.165) is 0 Å². The summed E-state index contributed by atoms with van der Waals surface area (Å²) in [7, 11) is 0. The van der Waals surface area contributed by atoms with E-state index >= 15 is 0 Å². The highest BCUT2D eigenvalue weighted by atomic mass is 14.6. The summed E-state index contributed by atoms with van der Waals surface area (Å²) >= 11 is 0. The van der Waals surface area contributed by atoms with Crippen molar-refractivity contribution in [3.05, 3.63) is 12.4 Å². The van der Waals surface area contributed by atoms with Gasteiger partial charge in [-0.25, -0.2) is 0 Å². The number of hydrogen-bond donors (Lipinski definition) is 2. The standard InChI is InChI=1S/C2H6N2/c3-1-2-4/h1-2H,3-4H2. The van der Waals surface area contributed by atoms with E-state index in [1.54, 1.807) is 0 Å². The van der Waals surface area contributed by atoms with Crippen molar-refractivity contribution >= 4 is 0 Å². The van der Waals surface area contributed by atoms with Crippen LogP contribution in [-0.4, -0.2) is 0 Å². The maximum atomic E-state index is 4.72. The molecule has 0 bridgehead atoms. The number of rotatable bonds is 0. The molecule has 4 heavy (non-hydrogen) atoms. The third-order valence-corrected chi connectivity index (χ3v) is 0.111. The molecule has 0 aliphatic heterocycles. The molecule has 0 aromatic heterocycles. The third kappa shape index (κ3) is 1.34. The first-order chi connectivity index (χ1) is 1.91. The first-order valence-corrected chi connectivity index (χ1v) is 1.00. The van der Waals surface area contributed by atoms with E-state index in [2.05, 4.69) is 0 Å². The molecule has 0 unspecified atom stereocenters. The second-order valence-corrected chi connectivity index (χ2v) is 0.385. The fourth-order valence-electron chi connectivity index (χ4n) is 0. The van der Waals surface area contributed by atoms with Crippen molar-refractivity contribution in [2.24, 2.45) is 11.5 Å². The predicted molar refractivity (Wildman–Crippen MR) is 17.5 cm³/mol. The Morgan fingerprint density at radius 3 is 1.25 bits per heavy atom. The SMILES string of the molecule is NC=CN. The topological polar surface area (TPSA) is 52.0 Å². The van der Waals surface area contributed by atoms with Crippen molar-refractivity contribution in [1.82, 2.24) is 0 Å². The van der Waals surface area contributed by atoms with Crippen LogP contribution in [0.1, 0.15) is 0 Å². The first kappa shape index (κ1) is 3.34. The Morgan fingerprint density at radius 1 is 1.00 bits per heavy atom. The Kier molecular flexibility index (Phi) is 1.95. The molecule has 0 aliphatic rings. The Hall–Kier alpha value is -0.660. The lowest BCUT2D eigenvalue weighted by molar-refractivity contribution is 1.50. The highest BCUT2D eigenvalue weighted by molar-refractivity contribution is 4.64. The largest absolute Gasteiger partial charge is 0.403 e. The summed E-state index contributed by atoms with van der Waals surface area (Å²) in [5, 5.41) is 0. The van der Waals surface area contributed by atoms with Crippen LogP contribution < -0.4 is 11.5 Å². The van der Waals surface area contributed by atoms with Crippen LogP contribution in [0.4, 0.5) is 0 Å². The Bertz CT molecular complexity index is 19.2. The van der Waals surface area contributed by atoms with Crippen molar-refractivity contribution in [1.29, 1.82) is 0 Å². The second kappa shape index (κ2) is 2.34. The molecule has 0 aromatic rings. The van der Waals surface area contributed by atoms with Crippen LogP contribution in [0.5, 0.6) is 0 Å². The average molecular weight is 58.1 g/mol. The van der Waals surface area contributed by atoms with Gasteiger partial charge in [-0.2, -0.15) is 0 Å². The van der Waals surface area contributed by atoms with E-state index in [0.29, 0.717) is 0 Å². The van der Waals surface area contributed by atoms with E-state index in [1.165, 1.54) is 12.4 Å². The third-order valence-electron chi connectivity index (χ3n) is 0.111. The minimum absolute atomic E-state index is 1.28. The fourth-order valence-corrected chi connectivity index (χ4v) is 0. The lowest BCUT2D eigenvalue weighted by Gasteiger charge is -1.56. The van der Waals surface area contributed by atoms with E-state index in [4.69, 9.17) is 11.5 Å². The summed E-state index contributed by atoms with van der Waals surface area (Å²) in [6.07, 6.45) is 2.56. The Balaban J connectivity index is 2.55. The molecular formula is C2H6N2. The predicted octanol–water partition coefficient (Wildman–Crippen LogP) is -0.625. The summed E-state index contributed by atoms with van der Waals surface area (Å²) < 4.78 is 0. The van der Waals surface area contributed by atoms with E-state index in [-0.39, 0.29) is 0 Å². The van der Waals surface area contributed by atoms with Crippen LogP contribution >= 0.6 is 0 Å². The van der Waals surface area contributed by atoms with Crippen molar-refractivity contribution in [3.8, 4) is 0 Å². The van der Waals surface area contributed by atoms with Gasteiger partial charge >= 0.3 is 0 Å². The highest BCUT2D eigenvalue weighted by Gasteiger charge is 1.30. The minimum atomic E-state index is 1.28. The van der Waals surface area contributed by atoms with Gasteiger partial charge in [-0.1, -0.05) is 0 Å². The molecule has 24 valence electrons. The van der Waals surface area contributed by atoms with Gasteiger partial charge in [-0.3, -0.25) is 0 Å². The van der Waals surface area contributed by atoms with Crippen LogP contribution in [0.15, 0.2) is 12.4 Å². The zero-order valence-electron chi connectivity index (χ0n) is 2.31. The maximum absolute atomic E-state index is 4.72. The molecule has 0 fully saturated rings. The summed E-state index contributed by atoms with van der Waals surface area (Å²) in [6, 6.07) is 0. The van der Waals surface area contributed by atoms with Crippen LogP contribution in [0.2, 0.25) is 0 Å². The van der Waals surface area contributed by atoms with Crippen molar-refractivity contribution in [2.75, 3.05) is 0 Å². The number of nitrogens with two attached hydrogens (primary N) is 2. The highest BCUT2D eigenvalue weighted by Crippen LogP contribution is 1.30. The van der Waals surface area contributed by atoms with E-state index < -0.39 is 0 Å². The van der Waals surface area contributed by atoms with Crippen molar-refractivity contribution in [2.45, 2.75) is 0 Å². The summed E-state index contributed by atoms with van der Waals surface area (Å²) in [5.74, 6) is 0. The molecule has 0 aromatic carbocycles. The minimum Gasteiger partial charge on any atom is -0.403 e. The lowest BCUT2D eigenvalue weighted by Crippen LogP contribution is -1.81.